The predicted molar refractivity (Wildman–Crippen MR) is 111 cm³/mol. The van der Waals surface area contributed by atoms with Crippen LogP contribution in [0.15, 0.2) is 24.3 Å². The molecule has 144 valence electrons. The molecule has 4 rings (SSSR count). The lowest BCUT2D eigenvalue weighted by Gasteiger charge is -2.38. The molecule has 1 aliphatic heterocycles. The van der Waals surface area contributed by atoms with E-state index in [1.165, 1.54) is 18.5 Å². The Morgan fingerprint density at radius 2 is 1.70 bits per heavy atom. The van der Waals surface area contributed by atoms with Gasteiger partial charge in [-0.2, -0.15) is 0 Å². The maximum Gasteiger partial charge on any atom is 0.147 e. The Morgan fingerprint density at radius 3 is 2.33 bits per heavy atom. The molecule has 1 aromatic carbocycles. The fraction of sp³-hybridized carbons (Fsp3) is 0.591. The molecule has 27 heavy (non-hydrogen) atoms. The van der Waals surface area contributed by atoms with E-state index >= 15 is 0 Å². The van der Waals surface area contributed by atoms with Gasteiger partial charge < -0.3 is 9.69 Å². The maximum atomic E-state index is 10.9. The monoisotopic (exact) mass is 383 g/mol. The van der Waals surface area contributed by atoms with Crippen molar-refractivity contribution in [1.29, 1.82) is 0 Å². The molecule has 0 bridgehead atoms. The minimum atomic E-state index is 0.251. The second-order valence-electron chi connectivity index (χ2n) is 8.89. The third kappa shape index (κ3) is 4.23. The fourth-order valence-corrected chi connectivity index (χ4v) is 5.22. The van der Waals surface area contributed by atoms with E-state index in [0.717, 1.165) is 60.6 Å². The molecular formula is C22H29N3OS. The van der Waals surface area contributed by atoms with Crippen LogP contribution in [0.5, 0.6) is 0 Å². The Kier molecular flexibility index (Phi) is 5.31. The summed E-state index contributed by atoms with van der Waals surface area (Å²) in [6, 6.07) is 8.82. The first-order valence-corrected chi connectivity index (χ1v) is 11.0. The Bertz CT molecular complexity index is 765. The van der Waals surface area contributed by atoms with Crippen LogP contribution >= 0.6 is 11.3 Å². The van der Waals surface area contributed by atoms with E-state index in [2.05, 4.69) is 53.2 Å². The number of piperidine rings is 1. The molecule has 0 radical (unpaired) electrons. The fourth-order valence-electron chi connectivity index (χ4n) is 4.20. The minimum absolute atomic E-state index is 0.251. The summed E-state index contributed by atoms with van der Waals surface area (Å²) in [5.41, 5.74) is 2.94. The Hall–Kier alpha value is -1.75. The number of rotatable bonds is 4. The molecule has 0 amide bonds. The quantitative estimate of drug-likeness (QED) is 0.672. The summed E-state index contributed by atoms with van der Waals surface area (Å²) in [5.74, 6) is 0.727. The molecule has 2 heterocycles. The van der Waals surface area contributed by atoms with Crippen LogP contribution in [-0.2, 0) is 4.79 Å². The highest BCUT2D eigenvalue weighted by Gasteiger charge is 2.26. The van der Waals surface area contributed by atoms with Crippen LogP contribution in [0.25, 0.3) is 10.6 Å². The molecule has 0 N–H and O–H groups in total. The third-order valence-electron chi connectivity index (χ3n) is 6.35. The summed E-state index contributed by atoms with van der Waals surface area (Å²) in [7, 11) is 0. The molecule has 4 nitrogen and oxygen atoms in total. The molecule has 2 aromatic rings. The Balaban J connectivity index is 1.41. The molecule has 1 aliphatic carbocycles. The maximum absolute atomic E-state index is 10.9. The van der Waals surface area contributed by atoms with Gasteiger partial charge in [-0.1, -0.05) is 25.2 Å². The zero-order valence-corrected chi connectivity index (χ0v) is 17.2. The molecule has 0 unspecified atom stereocenters. The molecule has 1 saturated heterocycles. The summed E-state index contributed by atoms with van der Waals surface area (Å²) < 4.78 is 0. The van der Waals surface area contributed by atoms with Crippen LogP contribution in [0, 0.1) is 11.3 Å². The summed E-state index contributed by atoms with van der Waals surface area (Å²) in [5, 5.41) is 11.1. The van der Waals surface area contributed by atoms with Crippen LogP contribution < -0.4 is 4.90 Å². The van der Waals surface area contributed by atoms with Gasteiger partial charge in [-0.05, 0) is 68.2 Å². The molecule has 2 fully saturated rings. The first-order valence-electron chi connectivity index (χ1n) is 10.2. The lowest BCUT2D eigenvalue weighted by Crippen LogP contribution is -2.37. The number of anilines is 1. The number of hydrogen-bond donors (Lipinski definition) is 0. The second kappa shape index (κ2) is 7.70. The smallest absolute Gasteiger partial charge is 0.147 e. The van der Waals surface area contributed by atoms with E-state index in [-0.39, 0.29) is 5.92 Å². The van der Waals surface area contributed by atoms with Crippen molar-refractivity contribution in [2.24, 2.45) is 11.3 Å². The molecule has 1 aromatic heterocycles. The van der Waals surface area contributed by atoms with Gasteiger partial charge in [0.25, 0.3) is 0 Å². The zero-order valence-electron chi connectivity index (χ0n) is 16.4. The topological polar surface area (TPSA) is 46.1 Å². The van der Waals surface area contributed by atoms with Crippen molar-refractivity contribution in [3.8, 4) is 10.6 Å². The molecule has 1 saturated carbocycles. The highest BCUT2D eigenvalue weighted by Crippen LogP contribution is 2.38. The zero-order chi connectivity index (χ0) is 18.9. The second-order valence-corrected chi connectivity index (χ2v) is 9.90. The van der Waals surface area contributed by atoms with Crippen molar-refractivity contribution in [3.63, 3.8) is 0 Å². The van der Waals surface area contributed by atoms with Crippen molar-refractivity contribution >= 4 is 23.3 Å². The molecular weight excluding hydrogens is 354 g/mol. The summed E-state index contributed by atoms with van der Waals surface area (Å²) in [4.78, 5) is 13.4. The average molecular weight is 384 g/mol. The molecule has 5 heteroatoms. The Labute approximate surface area is 166 Å². The lowest BCUT2D eigenvalue weighted by molar-refractivity contribution is -0.111. The third-order valence-corrected chi connectivity index (χ3v) is 7.49. The number of carbonyl (C=O) groups is 1. The van der Waals surface area contributed by atoms with Gasteiger partial charge in [0.05, 0.1) is 0 Å². The molecule has 0 atom stereocenters. The predicted octanol–water partition coefficient (Wildman–Crippen LogP) is 5.30. The number of carbonyl (C=O) groups excluding carboxylic acids is 1. The normalized spacial score (nSPS) is 25.3. The van der Waals surface area contributed by atoms with E-state index in [0.29, 0.717) is 11.3 Å². The van der Waals surface area contributed by atoms with Crippen LogP contribution in [0.4, 0.5) is 5.69 Å². The summed E-state index contributed by atoms with van der Waals surface area (Å²) >= 11 is 1.72. The summed E-state index contributed by atoms with van der Waals surface area (Å²) in [6.07, 6.45) is 7.72. The largest absolute Gasteiger partial charge is 0.371 e. The minimum Gasteiger partial charge on any atom is -0.371 e. The van der Waals surface area contributed by atoms with Gasteiger partial charge in [-0.15, -0.1) is 10.2 Å². The SMILES string of the molecule is CC1(C)CCN(c2ccc(-c3nnc([C@H]4CC[C@H](C=O)CC4)s3)cc2)CC1. The first-order chi connectivity index (χ1) is 13.0. The van der Waals surface area contributed by atoms with Gasteiger partial charge in [-0.25, -0.2) is 0 Å². The Morgan fingerprint density at radius 1 is 1.04 bits per heavy atom. The highest BCUT2D eigenvalue weighted by molar-refractivity contribution is 7.14. The van der Waals surface area contributed by atoms with Crippen LogP contribution in [0.3, 0.4) is 0 Å². The highest BCUT2D eigenvalue weighted by atomic mass is 32.1. The number of nitrogens with zero attached hydrogens (tertiary/aromatic N) is 3. The average Bonchev–Trinajstić information content (AvgIpc) is 3.18. The van der Waals surface area contributed by atoms with Crippen LogP contribution in [-0.4, -0.2) is 29.6 Å². The standard InChI is InChI=1S/C22H29N3OS/c1-22(2)11-13-25(14-12-22)19-9-7-18(8-10-19)21-24-23-20(27-21)17-5-3-16(15-26)4-6-17/h7-10,15-17H,3-6,11-14H2,1-2H3/t16-,17-. The van der Waals surface area contributed by atoms with Gasteiger partial charge >= 0.3 is 0 Å². The van der Waals surface area contributed by atoms with E-state index < -0.39 is 0 Å². The van der Waals surface area contributed by atoms with Gasteiger partial charge in [0.2, 0.25) is 0 Å². The number of aldehydes is 1. The lowest BCUT2D eigenvalue weighted by atomic mass is 9.82. The van der Waals surface area contributed by atoms with Crippen molar-refractivity contribution in [3.05, 3.63) is 29.3 Å². The van der Waals surface area contributed by atoms with E-state index in [9.17, 15) is 4.79 Å². The van der Waals surface area contributed by atoms with Crippen molar-refractivity contribution < 1.29 is 4.79 Å². The number of aromatic nitrogens is 2. The summed E-state index contributed by atoms with van der Waals surface area (Å²) in [6.45, 7) is 7.01. The van der Waals surface area contributed by atoms with E-state index in [4.69, 9.17) is 0 Å². The van der Waals surface area contributed by atoms with Crippen LogP contribution in [0.1, 0.15) is 63.3 Å². The van der Waals surface area contributed by atoms with Gasteiger partial charge in [0.15, 0.2) is 0 Å². The van der Waals surface area contributed by atoms with Crippen molar-refractivity contribution in [2.45, 2.75) is 58.3 Å². The number of benzene rings is 1. The van der Waals surface area contributed by atoms with Gasteiger partial charge in [0.1, 0.15) is 16.3 Å². The van der Waals surface area contributed by atoms with Gasteiger partial charge in [0, 0.05) is 36.2 Å². The molecule has 0 spiro atoms. The van der Waals surface area contributed by atoms with Crippen molar-refractivity contribution in [2.75, 3.05) is 18.0 Å². The number of hydrogen-bond acceptors (Lipinski definition) is 5. The van der Waals surface area contributed by atoms with Crippen molar-refractivity contribution in [1.82, 2.24) is 10.2 Å². The van der Waals surface area contributed by atoms with E-state index in [1.54, 1.807) is 11.3 Å². The van der Waals surface area contributed by atoms with Gasteiger partial charge in [-0.3, -0.25) is 0 Å². The van der Waals surface area contributed by atoms with Crippen LogP contribution in [0.2, 0.25) is 0 Å². The molecule has 2 aliphatic rings. The first kappa shape index (κ1) is 18.6. The van der Waals surface area contributed by atoms with E-state index in [1.807, 2.05) is 0 Å².